The molecule has 2 amide bonds. The molecule has 2 aromatic carbocycles. The number of phenolic OH excluding ortho intramolecular Hbond substituents is 1. The van der Waals surface area contributed by atoms with E-state index in [4.69, 9.17) is 0 Å². The van der Waals surface area contributed by atoms with Crippen molar-refractivity contribution in [3.05, 3.63) is 76.4 Å². The first-order valence-corrected chi connectivity index (χ1v) is 13.6. The fraction of sp³-hybridized carbons (Fsp3) is 0.344. The summed E-state index contributed by atoms with van der Waals surface area (Å²) in [4.78, 5) is 67.7. The molecule has 0 unspecified atom stereocenters. The highest BCUT2D eigenvalue weighted by molar-refractivity contribution is 6.23. The molecule has 1 heterocycles. The third-order valence-electron chi connectivity index (χ3n) is 9.87. The molecule has 0 aromatic heterocycles. The molecule has 1 saturated heterocycles. The van der Waals surface area contributed by atoms with E-state index in [-0.39, 0.29) is 41.4 Å². The van der Waals surface area contributed by atoms with Crippen LogP contribution in [0.25, 0.3) is 0 Å². The van der Waals surface area contributed by atoms with Crippen molar-refractivity contribution in [1.29, 1.82) is 0 Å². The van der Waals surface area contributed by atoms with Crippen LogP contribution in [0.4, 0.5) is 5.69 Å². The first-order valence-electron chi connectivity index (χ1n) is 13.6. The van der Waals surface area contributed by atoms with Crippen molar-refractivity contribution in [2.24, 2.45) is 29.1 Å². The molecule has 41 heavy (non-hydrogen) atoms. The second-order valence-corrected chi connectivity index (χ2v) is 11.7. The van der Waals surface area contributed by atoms with Crippen LogP contribution in [0.5, 0.6) is 11.5 Å². The third-order valence-corrected chi connectivity index (χ3v) is 9.87. The number of fused-ring (bicyclic) bond motifs is 4. The summed E-state index contributed by atoms with van der Waals surface area (Å²) in [7, 11) is 0. The number of carbonyl (C=O) groups excluding carboxylic acids is 4. The number of allylic oxidation sites excluding steroid dienone is 4. The van der Waals surface area contributed by atoms with Gasteiger partial charge < -0.3 is 15.3 Å². The maximum absolute atomic E-state index is 14.0. The lowest BCUT2D eigenvalue weighted by molar-refractivity contribution is -0.142. The van der Waals surface area contributed by atoms with Gasteiger partial charge in [0.2, 0.25) is 11.8 Å². The molecule has 3 N–H and O–H groups in total. The third kappa shape index (κ3) is 3.57. The summed E-state index contributed by atoms with van der Waals surface area (Å²) >= 11 is 0. The zero-order valence-corrected chi connectivity index (χ0v) is 22.7. The van der Waals surface area contributed by atoms with Crippen LogP contribution in [0.2, 0.25) is 0 Å². The number of aromatic hydroxyl groups is 2. The van der Waals surface area contributed by atoms with Crippen molar-refractivity contribution in [2.45, 2.75) is 39.5 Å². The lowest BCUT2D eigenvalue weighted by Gasteiger charge is -2.54. The van der Waals surface area contributed by atoms with Crippen LogP contribution in [0, 0.1) is 29.1 Å². The summed E-state index contributed by atoms with van der Waals surface area (Å²) in [6.45, 7) is 5.14. The molecular formula is C32H29NO8. The summed E-state index contributed by atoms with van der Waals surface area (Å²) in [5.74, 6) is -6.29. The number of ketones is 2. The van der Waals surface area contributed by atoms with Crippen LogP contribution < -0.4 is 4.90 Å². The molecule has 6 rings (SSSR count). The number of phenols is 2. The number of imide groups is 1. The quantitative estimate of drug-likeness (QED) is 0.378. The van der Waals surface area contributed by atoms with Gasteiger partial charge >= 0.3 is 5.97 Å². The molecule has 2 fully saturated rings. The van der Waals surface area contributed by atoms with Gasteiger partial charge in [0.25, 0.3) is 0 Å². The van der Waals surface area contributed by atoms with Crippen LogP contribution in [0.1, 0.15) is 55.5 Å². The topological polar surface area (TPSA) is 149 Å². The van der Waals surface area contributed by atoms with Crippen molar-refractivity contribution in [1.82, 2.24) is 0 Å². The second kappa shape index (κ2) is 8.99. The molecule has 9 heteroatoms. The summed E-state index contributed by atoms with van der Waals surface area (Å²) in [6, 6.07) is 10.1. The number of anilines is 1. The van der Waals surface area contributed by atoms with E-state index in [1.54, 1.807) is 26.0 Å². The van der Waals surface area contributed by atoms with Crippen molar-refractivity contribution in [3.8, 4) is 11.5 Å². The standard InChI is InChI=1S/C32H29NO8/c1-14-15(2)28(37)32(3)23(27(14)36)13-22-19(26(32)16-4-7-18(34)8-5-16)10-11-21-25(22)30(39)33(29(21)38)17-6-9-20(31(40)41)24(35)12-17/h4-10,12,21-23,25-26,34-35H,11,13H2,1-3H3,(H,40,41)/t21-,22+,23-,25-,26-,32+/m0/s1. The summed E-state index contributed by atoms with van der Waals surface area (Å²) in [5.41, 5.74) is 1.01. The fourth-order valence-corrected chi connectivity index (χ4v) is 7.72. The Morgan fingerprint density at radius 1 is 0.927 bits per heavy atom. The second-order valence-electron chi connectivity index (χ2n) is 11.7. The molecule has 2 aromatic rings. The summed E-state index contributed by atoms with van der Waals surface area (Å²) in [6.07, 6.45) is 2.41. The minimum absolute atomic E-state index is 0.0582. The molecule has 1 aliphatic heterocycles. The van der Waals surface area contributed by atoms with Gasteiger partial charge in [-0.05, 0) is 73.6 Å². The van der Waals surface area contributed by atoms with E-state index in [0.29, 0.717) is 11.1 Å². The van der Waals surface area contributed by atoms with E-state index in [0.717, 1.165) is 28.2 Å². The Bertz CT molecular complexity index is 1630. The van der Waals surface area contributed by atoms with Crippen molar-refractivity contribution >= 4 is 35.0 Å². The molecule has 3 aliphatic carbocycles. The van der Waals surface area contributed by atoms with Gasteiger partial charge in [-0.15, -0.1) is 0 Å². The molecular weight excluding hydrogens is 526 g/mol. The van der Waals surface area contributed by atoms with E-state index in [2.05, 4.69) is 0 Å². The molecule has 0 radical (unpaired) electrons. The number of rotatable bonds is 3. The van der Waals surface area contributed by atoms with Gasteiger partial charge in [0, 0.05) is 17.9 Å². The van der Waals surface area contributed by atoms with Gasteiger partial charge in [0.1, 0.15) is 17.1 Å². The Hall–Kier alpha value is -4.53. The lowest BCUT2D eigenvalue weighted by Crippen LogP contribution is -2.55. The summed E-state index contributed by atoms with van der Waals surface area (Å²) in [5, 5.41) is 29.5. The zero-order chi connectivity index (χ0) is 29.5. The van der Waals surface area contributed by atoms with Crippen molar-refractivity contribution < 1.29 is 39.3 Å². The Balaban J connectivity index is 1.47. The van der Waals surface area contributed by atoms with E-state index < -0.39 is 58.5 Å². The smallest absolute Gasteiger partial charge is 0.339 e. The number of hydrogen-bond donors (Lipinski definition) is 3. The Kier molecular flexibility index (Phi) is 5.85. The largest absolute Gasteiger partial charge is 0.508 e. The first kappa shape index (κ1) is 26.7. The molecule has 0 spiro atoms. The fourth-order valence-electron chi connectivity index (χ4n) is 7.72. The maximum atomic E-state index is 14.0. The molecule has 210 valence electrons. The van der Waals surface area contributed by atoms with Crippen LogP contribution in [-0.2, 0) is 19.2 Å². The van der Waals surface area contributed by atoms with Crippen LogP contribution in [0.3, 0.4) is 0 Å². The first-order chi connectivity index (χ1) is 19.4. The monoisotopic (exact) mass is 555 g/mol. The van der Waals surface area contributed by atoms with E-state index >= 15 is 0 Å². The Morgan fingerprint density at radius 3 is 2.24 bits per heavy atom. The highest BCUT2D eigenvalue weighted by Crippen LogP contribution is 2.63. The molecule has 4 aliphatic rings. The summed E-state index contributed by atoms with van der Waals surface area (Å²) < 4.78 is 0. The predicted octanol–water partition coefficient (Wildman–Crippen LogP) is 4.15. The lowest BCUT2D eigenvalue weighted by atomic mass is 9.46. The molecule has 6 atom stereocenters. The number of carbonyl (C=O) groups is 5. The van der Waals surface area contributed by atoms with Gasteiger partial charge in [0.15, 0.2) is 11.6 Å². The Morgan fingerprint density at radius 2 is 1.61 bits per heavy atom. The average Bonchev–Trinajstić information content (AvgIpc) is 3.20. The average molecular weight is 556 g/mol. The number of Topliss-reactive ketones (excluding diaryl/α,β-unsaturated/α-hetero) is 2. The van der Waals surface area contributed by atoms with Crippen LogP contribution >= 0.6 is 0 Å². The normalized spacial score (nSPS) is 31.0. The molecule has 0 bridgehead atoms. The Labute approximate surface area is 235 Å². The predicted molar refractivity (Wildman–Crippen MR) is 146 cm³/mol. The van der Waals surface area contributed by atoms with Gasteiger partial charge in [0.05, 0.1) is 22.9 Å². The zero-order valence-electron chi connectivity index (χ0n) is 22.7. The van der Waals surface area contributed by atoms with E-state index in [1.165, 1.54) is 18.2 Å². The van der Waals surface area contributed by atoms with Crippen LogP contribution in [0.15, 0.2) is 65.3 Å². The number of amides is 2. The number of hydrogen-bond acceptors (Lipinski definition) is 7. The van der Waals surface area contributed by atoms with Gasteiger partial charge in [-0.25, -0.2) is 9.69 Å². The number of carboxylic acid groups (broad SMARTS) is 1. The maximum Gasteiger partial charge on any atom is 0.339 e. The highest BCUT2D eigenvalue weighted by atomic mass is 16.4. The van der Waals surface area contributed by atoms with E-state index in [1.807, 2.05) is 13.0 Å². The minimum Gasteiger partial charge on any atom is -0.508 e. The number of aromatic carboxylic acids is 1. The highest BCUT2D eigenvalue weighted by Gasteiger charge is 2.64. The molecule has 9 nitrogen and oxygen atoms in total. The number of nitrogens with zero attached hydrogens (tertiary/aromatic N) is 1. The van der Waals surface area contributed by atoms with Crippen molar-refractivity contribution in [2.75, 3.05) is 4.90 Å². The van der Waals surface area contributed by atoms with Crippen LogP contribution in [-0.4, -0.2) is 44.7 Å². The van der Waals surface area contributed by atoms with Gasteiger partial charge in [-0.3, -0.25) is 19.2 Å². The van der Waals surface area contributed by atoms with E-state index in [9.17, 15) is 39.3 Å². The van der Waals surface area contributed by atoms with Gasteiger partial charge in [-0.2, -0.15) is 0 Å². The van der Waals surface area contributed by atoms with Gasteiger partial charge in [-0.1, -0.05) is 30.7 Å². The molecule has 1 saturated carbocycles. The minimum atomic E-state index is -1.34. The SMILES string of the molecule is CC1=C(C)C(=O)[C@@]2(C)[C@@H](c3ccc(O)cc3)C3=CC[C@@H]4C(=O)N(c5ccc(C(=O)O)c(O)c5)C(=O)[C@@H]4[C@@H]3C[C@H]2C1=O. The van der Waals surface area contributed by atoms with Crippen molar-refractivity contribution in [3.63, 3.8) is 0 Å². The number of benzene rings is 2. The number of carboxylic acids is 1.